The first-order valence-electron chi connectivity index (χ1n) is 12.0. The zero-order chi connectivity index (χ0) is 21.7. The van der Waals surface area contributed by atoms with Crippen LogP contribution in [0.5, 0.6) is 0 Å². The predicted molar refractivity (Wildman–Crippen MR) is 126 cm³/mol. The van der Waals surface area contributed by atoms with Gasteiger partial charge >= 0.3 is 0 Å². The quantitative estimate of drug-likeness (QED) is 0.574. The molecule has 0 radical (unpaired) electrons. The Morgan fingerprint density at radius 2 is 1.97 bits per heavy atom. The number of nitrogens with zero attached hydrogens (tertiary/aromatic N) is 3. The van der Waals surface area contributed by atoms with Gasteiger partial charge in [0, 0.05) is 18.7 Å². The standard InChI is InChI=1S/C26H30ClFN4/c27-23-4-3-21(28)13-22(23)24-5-6-25(31-30-24)29-15-20-14-26(20)7-9-32(10-8-26)16-19-12-17-1-2-18(19)11-17/h1-6,13,17-20H,7-12,14-16H2,(H,29,31)/t17?,18?,19?,20-/m0/s1. The van der Waals surface area contributed by atoms with Crippen molar-refractivity contribution < 1.29 is 4.39 Å². The maximum absolute atomic E-state index is 13.5. The molecule has 2 bridgehead atoms. The minimum absolute atomic E-state index is 0.328. The summed E-state index contributed by atoms with van der Waals surface area (Å²) in [5.74, 6) is 3.81. The van der Waals surface area contributed by atoms with Gasteiger partial charge in [-0.2, -0.15) is 0 Å². The second-order valence-corrected chi connectivity index (χ2v) is 10.8. The minimum atomic E-state index is -0.328. The molecule has 1 aromatic carbocycles. The summed E-state index contributed by atoms with van der Waals surface area (Å²) in [4.78, 5) is 2.73. The fraction of sp³-hybridized carbons (Fsp3) is 0.538. The highest BCUT2D eigenvalue weighted by Crippen LogP contribution is 2.59. The van der Waals surface area contributed by atoms with Gasteiger partial charge in [0.05, 0.1) is 10.7 Å². The van der Waals surface area contributed by atoms with E-state index in [-0.39, 0.29) is 5.82 Å². The molecule has 1 aliphatic heterocycles. The van der Waals surface area contributed by atoms with Crippen molar-refractivity contribution in [1.29, 1.82) is 0 Å². The van der Waals surface area contributed by atoms with Gasteiger partial charge in [0.2, 0.25) is 0 Å². The van der Waals surface area contributed by atoms with Gasteiger partial charge in [-0.15, -0.1) is 10.2 Å². The van der Waals surface area contributed by atoms with Gasteiger partial charge in [0.1, 0.15) is 11.6 Å². The molecule has 1 N–H and O–H groups in total. The molecule has 4 atom stereocenters. The van der Waals surface area contributed by atoms with Gasteiger partial charge < -0.3 is 10.2 Å². The highest BCUT2D eigenvalue weighted by Gasteiger charge is 2.54. The molecule has 6 rings (SSSR count). The molecule has 3 fully saturated rings. The minimum Gasteiger partial charge on any atom is -0.368 e. The van der Waals surface area contributed by atoms with Crippen LogP contribution in [-0.2, 0) is 0 Å². The molecule has 2 saturated carbocycles. The number of fused-ring (bicyclic) bond motifs is 2. The van der Waals surface area contributed by atoms with Crippen LogP contribution in [0.25, 0.3) is 11.3 Å². The Hall–Kier alpha value is -1.98. The van der Waals surface area contributed by atoms with Crippen LogP contribution in [0.1, 0.15) is 32.1 Å². The summed E-state index contributed by atoms with van der Waals surface area (Å²) in [7, 11) is 0. The van der Waals surface area contributed by atoms with Gasteiger partial charge in [-0.3, -0.25) is 0 Å². The Balaban J connectivity index is 0.984. The number of anilines is 1. The average molecular weight is 453 g/mol. The van der Waals surface area contributed by atoms with Crippen molar-refractivity contribution in [3.63, 3.8) is 0 Å². The number of benzene rings is 1. The third kappa shape index (κ3) is 3.94. The van der Waals surface area contributed by atoms with E-state index in [4.69, 9.17) is 11.6 Å². The monoisotopic (exact) mass is 452 g/mol. The molecule has 6 heteroatoms. The van der Waals surface area contributed by atoms with Crippen molar-refractivity contribution >= 4 is 17.4 Å². The van der Waals surface area contributed by atoms with E-state index in [1.165, 1.54) is 63.9 Å². The molecule has 168 valence electrons. The lowest BCUT2D eigenvalue weighted by molar-refractivity contribution is 0.136. The van der Waals surface area contributed by atoms with Crippen molar-refractivity contribution in [3.8, 4) is 11.3 Å². The van der Waals surface area contributed by atoms with E-state index in [9.17, 15) is 4.39 Å². The number of rotatable bonds is 6. The molecule has 2 heterocycles. The SMILES string of the molecule is Fc1ccc(Cl)c(-c2ccc(NC[C@@H]3CC34CCN(CC3CC5C=CC3C5)CC4)nn2)c1. The fourth-order valence-electron chi connectivity index (χ4n) is 6.44. The Bertz CT molecular complexity index is 1010. The van der Waals surface area contributed by atoms with Crippen LogP contribution in [0.4, 0.5) is 10.2 Å². The molecule has 4 nitrogen and oxygen atoms in total. The number of aromatic nitrogens is 2. The highest BCUT2D eigenvalue weighted by molar-refractivity contribution is 6.33. The lowest BCUT2D eigenvalue weighted by atomic mass is 9.88. The molecular formula is C26H30ClFN4. The molecule has 3 aliphatic carbocycles. The second kappa shape index (κ2) is 8.11. The Labute approximate surface area is 194 Å². The Kier molecular flexibility index (Phi) is 5.22. The van der Waals surface area contributed by atoms with Crippen LogP contribution in [0.2, 0.25) is 5.02 Å². The summed E-state index contributed by atoms with van der Waals surface area (Å²) in [6.07, 6.45) is 11.8. The number of halogens is 2. The third-order valence-corrected chi connectivity index (χ3v) is 8.85. The first-order chi connectivity index (χ1) is 15.6. The molecule has 3 unspecified atom stereocenters. The summed E-state index contributed by atoms with van der Waals surface area (Å²) in [6, 6.07) is 8.05. The predicted octanol–water partition coefficient (Wildman–Crippen LogP) is 5.66. The van der Waals surface area contributed by atoms with E-state index in [0.717, 1.165) is 36.0 Å². The van der Waals surface area contributed by atoms with E-state index in [1.54, 1.807) is 6.07 Å². The molecule has 0 amide bonds. The lowest BCUT2D eigenvalue weighted by Gasteiger charge is -2.35. The fourth-order valence-corrected chi connectivity index (χ4v) is 6.66. The highest BCUT2D eigenvalue weighted by atomic mass is 35.5. The van der Waals surface area contributed by atoms with Gasteiger partial charge in [-0.05, 0) is 105 Å². The lowest BCUT2D eigenvalue weighted by Crippen LogP contribution is -2.39. The number of hydrogen-bond donors (Lipinski definition) is 1. The summed E-state index contributed by atoms with van der Waals surface area (Å²) >= 11 is 6.18. The zero-order valence-electron chi connectivity index (χ0n) is 18.3. The van der Waals surface area contributed by atoms with Crippen molar-refractivity contribution in [2.45, 2.75) is 32.1 Å². The molecule has 1 spiro atoms. The van der Waals surface area contributed by atoms with Crippen LogP contribution in [0.3, 0.4) is 0 Å². The number of allylic oxidation sites excluding steroid dienone is 2. The smallest absolute Gasteiger partial charge is 0.148 e. The molecule has 4 aliphatic rings. The maximum atomic E-state index is 13.5. The van der Waals surface area contributed by atoms with Crippen LogP contribution in [-0.4, -0.2) is 41.3 Å². The van der Waals surface area contributed by atoms with Gasteiger partial charge in [0.25, 0.3) is 0 Å². The van der Waals surface area contributed by atoms with E-state index in [2.05, 4.69) is 32.6 Å². The second-order valence-electron chi connectivity index (χ2n) is 10.4. The molecular weight excluding hydrogens is 423 g/mol. The number of likely N-dealkylation sites (tertiary alicyclic amines) is 1. The molecule has 2 aromatic rings. The third-order valence-electron chi connectivity index (χ3n) is 8.52. The summed E-state index contributed by atoms with van der Waals surface area (Å²) in [5, 5.41) is 12.5. The van der Waals surface area contributed by atoms with Gasteiger partial charge in [0.15, 0.2) is 0 Å². The topological polar surface area (TPSA) is 41.0 Å². The largest absolute Gasteiger partial charge is 0.368 e. The van der Waals surface area contributed by atoms with Crippen molar-refractivity contribution in [2.75, 3.05) is 31.5 Å². The van der Waals surface area contributed by atoms with E-state index in [0.29, 0.717) is 21.7 Å². The van der Waals surface area contributed by atoms with Gasteiger partial charge in [-0.25, -0.2) is 4.39 Å². The normalized spacial score (nSPS) is 30.2. The van der Waals surface area contributed by atoms with Gasteiger partial charge in [-0.1, -0.05) is 23.8 Å². The van der Waals surface area contributed by atoms with Crippen molar-refractivity contribution in [2.24, 2.45) is 29.1 Å². The van der Waals surface area contributed by atoms with Crippen molar-refractivity contribution in [3.05, 3.63) is 53.3 Å². The molecule has 1 aromatic heterocycles. The maximum Gasteiger partial charge on any atom is 0.148 e. The first-order valence-corrected chi connectivity index (χ1v) is 12.4. The van der Waals surface area contributed by atoms with E-state index in [1.807, 2.05) is 12.1 Å². The summed E-state index contributed by atoms with van der Waals surface area (Å²) < 4.78 is 13.5. The molecule has 32 heavy (non-hydrogen) atoms. The Morgan fingerprint density at radius 1 is 1.09 bits per heavy atom. The van der Waals surface area contributed by atoms with Crippen LogP contribution >= 0.6 is 11.6 Å². The van der Waals surface area contributed by atoms with Crippen molar-refractivity contribution in [1.82, 2.24) is 15.1 Å². The molecule has 1 saturated heterocycles. The number of hydrogen-bond acceptors (Lipinski definition) is 4. The average Bonchev–Trinajstić information content (AvgIpc) is 3.10. The van der Waals surface area contributed by atoms with Crippen LogP contribution < -0.4 is 5.32 Å². The first kappa shape index (κ1) is 20.6. The Morgan fingerprint density at radius 3 is 2.69 bits per heavy atom. The number of piperidine rings is 1. The van der Waals surface area contributed by atoms with E-state index < -0.39 is 0 Å². The zero-order valence-corrected chi connectivity index (χ0v) is 19.1. The summed E-state index contributed by atoms with van der Waals surface area (Å²) in [6.45, 7) is 4.78. The van der Waals surface area contributed by atoms with Crippen LogP contribution in [0.15, 0.2) is 42.5 Å². The van der Waals surface area contributed by atoms with E-state index >= 15 is 0 Å². The summed E-state index contributed by atoms with van der Waals surface area (Å²) in [5.41, 5.74) is 1.70. The van der Waals surface area contributed by atoms with Crippen LogP contribution in [0, 0.1) is 34.9 Å². The number of nitrogens with one attached hydrogen (secondary N) is 1.